The summed E-state index contributed by atoms with van der Waals surface area (Å²) in [7, 11) is 0. The van der Waals surface area contributed by atoms with E-state index in [1.165, 1.54) is 6.07 Å². The number of rotatable bonds is 1. The highest BCUT2D eigenvalue weighted by Crippen LogP contribution is 2.23. The van der Waals surface area contributed by atoms with Gasteiger partial charge in [0.15, 0.2) is 0 Å². The number of nitro benzene ring substituents is 1. The van der Waals surface area contributed by atoms with Gasteiger partial charge < -0.3 is 0 Å². The standard InChI is InChI=1S/C10H6NO2/c12-11(13)10-7-3-5-8-4-1-2-6-9(8)10/h1-3,5-7H. The highest BCUT2D eigenvalue weighted by Gasteiger charge is 2.09. The van der Waals surface area contributed by atoms with E-state index in [1.54, 1.807) is 24.3 Å². The summed E-state index contributed by atoms with van der Waals surface area (Å²) in [5, 5.41) is 12.0. The summed E-state index contributed by atoms with van der Waals surface area (Å²) in [6, 6.07) is 13.1. The molecule has 0 aliphatic rings. The lowest BCUT2D eigenvalue weighted by molar-refractivity contribution is -0.383. The fourth-order valence-corrected chi connectivity index (χ4v) is 1.30. The second-order valence-corrected chi connectivity index (χ2v) is 2.67. The first-order chi connectivity index (χ1) is 6.29. The van der Waals surface area contributed by atoms with Gasteiger partial charge in [0, 0.05) is 6.07 Å². The van der Waals surface area contributed by atoms with E-state index in [2.05, 4.69) is 6.07 Å². The third-order valence-corrected chi connectivity index (χ3v) is 1.88. The van der Waals surface area contributed by atoms with Gasteiger partial charge in [-0.05, 0) is 17.5 Å². The van der Waals surface area contributed by atoms with E-state index < -0.39 is 0 Å². The van der Waals surface area contributed by atoms with Crippen LogP contribution in [0.3, 0.4) is 0 Å². The van der Waals surface area contributed by atoms with Gasteiger partial charge in [0.25, 0.3) is 5.69 Å². The van der Waals surface area contributed by atoms with E-state index in [-0.39, 0.29) is 10.6 Å². The third kappa shape index (κ3) is 1.24. The zero-order valence-corrected chi connectivity index (χ0v) is 6.73. The Bertz CT molecular complexity index is 460. The average Bonchev–Trinajstić information content (AvgIpc) is 2.17. The molecule has 0 aliphatic heterocycles. The van der Waals surface area contributed by atoms with Crippen LogP contribution in [0, 0.1) is 16.2 Å². The second kappa shape index (κ2) is 2.86. The Kier molecular flexibility index (Phi) is 1.70. The van der Waals surface area contributed by atoms with Crippen molar-refractivity contribution in [1.82, 2.24) is 0 Å². The van der Waals surface area contributed by atoms with Crippen LogP contribution in [0.5, 0.6) is 0 Å². The molecule has 0 fully saturated rings. The van der Waals surface area contributed by atoms with Gasteiger partial charge in [0.1, 0.15) is 0 Å². The number of benzene rings is 2. The molecule has 0 bridgehead atoms. The van der Waals surface area contributed by atoms with Gasteiger partial charge in [-0.25, -0.2) is 0 Å². The van der Waals surface area contributed by atoms with Gasteiger partial charge in [-0.1, -0.05) is 24.3 Å². The molecule has 1 radical (unpaired) electrons. The first-order valence-corrected chi connectivity index (χ1v) is 3.83. The first-order valence-electron chi connectivity index (χ1n) is 3.83. The number of hydrogen-bond acceptors (Lipinski definition) is 2. The van der Waals surface area contributed by atoms with Crippen molar-refractivity contribution in [2.24, 2.45) is 0 Å². The van der Waals surface area contributed by atoms with E-state index in [0.717, 1.165) is 5.39 Å². The van der Waals surface area contributed by atoms with Crippen LogP contribution >= 0.6 is 0 Å². The van der Waals surface area contributed by atoms with E-state index >= 15 is 0 Å². The van der Waals surface area contributed by atoms with Crippen LogP contribution in [0.1, 0.15) is 0 Å². The van der Waals surface area contributed by atoms with Crippen LogP contribution in [0.4, 0.5) is 5.69 Å². The van der Waals surface area contributed by atoms with Gasteiger partial charge in [-0.15, -0.1) is 0 Å². The Morgan fingerprint density at radius 3 is 2.85 bits per heavy atom. The molecule has 0 aliphatic carbocycles. The van der Waals surface area contributed by atoms with Crippen LogP contribution in [0.2, 0.25) is 0 Å². The van der Waals surface area contributed by atoms with Gasteiger partial charge in [-0.2, -0.15) is 0 Å². The summed E-state index contributed by atoms with van der Waals surface area (Å²) in [5.41, 5.74) is 0.134. The lowest BCUT2D eigenvalue weighted by atomic mass is 10.1. The summed E-state index contributed by atoms with van der Waals surface area (Å²) in [6.45, 7) is 0. The Morgan fingerprint density at radius 1 is 1.23 bits per heavy atom. The van der Waals surface area contributed by atoms with Gasteiger partial charge >= 0.3 is 0 Å². The molecule has 0 amide bonds. The maximum atomic E-state index is 10.6. The van der Waals surface area contributed by atoms with Crippen LogP contribution in [-0.2, 0) is 0 Å². The lowest BCUT2D eigenvalue weighted by Gasteiger charge is -1.96. The number of fused-ring (bicyclic) bond motifs is 1. The first kappa shape index (κ1) is 7.73. The molecule has 2 aromatic carbocycles. The van der Waals surface area contributed by atoms with Crippen molar-refractivity contribution in [3.8, 4) is 0 Å². The van der Waals surface area contributed by atoms with Crippen molar-refractivity contribution >= 4 is 16.5 Å². The largest absolute Gasteiger partial charge is 0.277 e. The molecule has 0 atom stereocenters. The van der Waals surface area contributed by atoms with Crippen molar-refractivity contribution in [3.05, 3.63) is 52.6 Å². The average molecular weight is 172 g/mol. The maximum absolute atomic E-state index is 10.6. The second-order valence-electron chi connectivity index (χ2n) is 2.67. The Morgan fingerprint density at radius 2 is 2.08 bits per heavy atom. The zero-order chi connectivity index (χ0) is 9.26. The summed E-state index contributed by atoms with van der Waals surface area (Å²) in [4.78, 5) is 10.2. The SMILES string of the molecule is O=[N+]([O-])c1cccc2[c]cccc12. The molecule has 0 heterocycles. The Balaban J connectivity index is 2.83. The quantitative estimate of drug-likeness (QED) is 0.490. The molecule has 3 nitrogen and oxygen atoms in total. The van der Waals surface area contributed by atoms with E-state index in [1.807, 2.05) is 6.07 Å². The molecule has 0 spiro atoms. The molecule has 0 saturated heterocycles. The van der Waals surface area contributed by atoms with Crippen molar-refractivity contribution in [2.45, 2.75) is 0 Å². The predicted octanol–water partition coefficient (Wildman–Crippen LogP) is 2.55. The molecule has 63 valence electrons. The maximum Gasteiger partial charge on any atom is 0.277 e. The summed E-state index contributed by atoms with van der Waals surface area (Å²) < 4.78 is 0. The number of nitro groups is 1. The lowest BCUT2D eigenvalue weighted by Crippen LogP contribution is -1.88. The predicted molar refractivity (Wildman–Crippen MR) is 49.4 cm³/mol. The molecular formula is C10H6NO2. The normalized spacial score (nSPS) is 10.2. The van der Waals surface area contributed by atoms with Gasteiger partial charge in [0.2, 0.25) is 0 Å². The monoisotopic (exact) mass is 172 g/mol. The minimum atomic E-state index is -0.379. The number of non-ortho nitro benzene ring substituents is 1. The van der Waals surface area contributed by atoms with Gasteiger partial charge in [-0.3, -0.25) is 10.1 Å². The molecule has 2 aromatic rings. The minimum absolute atomic E-state index is 0.134. The smallest absolute Gasteiger partial charge is 0.258 e. The Hall–Kier alpha value is -1.90. The molecule has 13 heavy (non-hydrogen) atoms. The van der Waals surface area contributed by atoms with Crippen LogP contribution in [0.25, 0.3) is 10.8 Å². The zero-order valence-electron chi connectivity index (χ0n) is 6.73. The van der Waals surface area contributed by atoms with Crippen LogP contribution in [-0.4, -0.2) is 4.92 Å². The molecule has 2 rings (SSSR count). The minimum Gasteiger partial charge on any atom is -0.258 e. The molecule has 0 unspecified atom stereocenters. The van der Waals surface area contributed by atoms with E-state index in [0.29, 0.717) is 5.39 Å². The van der Waals surface area contributed by atoms with Gasteiger partial charge in [0.05, 0.1) is 10.3 Å². The van der Waals surface area contributed by atoms with Crippen LogP contribution in [0.15, 0.2) is 36.4 Å². The van der Waals surface area contributed by atoms with Crippen LogP contribution < -0.4 is 0 Å². The number of hydrogen-bond donors (Lipinski definition) is 0. The van der Waals surface area contributed by atoms with E-state index in [9.17, 15) is 10.1 Å². The molecular weight excluding hydrogens is 166 g/mol. The van der Waals surface area contributed by atoms with Crippen molar-refractivity contribution in [1.29, 1.82) is 0 Å². The highest BCUT2D eigenvalue weighted by molar-refractivity contribution is 5.90. The fraction of sp³-hybridized carbons (Fsp3) is 0. The number of nitrogens with zero attached hydrogens (tertiary/aromatic N) is 1. The topological polar surface area (TPSA) is 43.1 Å². The van der Waals surface area contributed by atoms with E-state index in [4.69, 9.17) is 0 Å². The molecule has 3 heteroatoms. The van der Waals surface area contributed by atoms with Crippen molar-refractivity contribution in [2.75, 3.05) is 0 Å². The molecule has 0 aromatic heterocycles. The highest BCUT2D eigenvalue weighted by atomic mass is 16.6. The summed E-state index contributed by atoms with van der Waals surface area (Å²) >= 11 is 0. The fourth-order valence-electron chi connectivity index (χ4n) is 1.30. The van der Waals surface area contributed by atoms with Crippen molar-refractivity contribution in [3.63, 3.8) is 0 Å². The summed E-state index contributed by atoms with van der Waals surface area (Å²) in [5.74, 6) is 0. The van der Waals surface area contributed by atoms with Crippen molar-refractivity contribution < 1.29 is 4.92 Å². The third-order valence-electron chi connectivity index (χ3n) is 1.88. The Labute approximate surface area is 74.8 Å². The summed E-state index contributed by atoms with van der Waals surface area (Å²) in [6.07, 6.45) is 0. The molecule has 0 saturated carbocycles. The molecule has 0 N–H and O–H groups in total.